The molecule has 1 aliphatic carbocycles. The fourth-order valence-corrected chi connectivity index (χ4v) is 4.27. The van der Waals surface area contributed by atoms with Crippen LogP contribution in [-0.2, 0) is 10.4 Å². The molecule has 1 aromatic rings. The molecular weight excluding hydrogens is 330 g/mol. The van der Waals surface area contributed by atoms with Crippen LogP contribution in [0.1, 0.15) is 38.1 Å². The fraction of sp³-hybridized carbons (Fsp3) is 0.692. The molecule has 1 aromatic heterocycles. The van der Waals surface area contributed by atoms with Crippen molar-refractivity contribution in [1.29, 1.82) is 0 Å². The van der Waals surface area contributed by atoms with E-state index in [2.05, 4.69) is 20.9 Å². The van der Waals surface area contributed by atoms with Gasteiger partial charge >= 0.3 is 5.97 Å². The van der Waals surface area contributed by atoms with E-state index in [9.17, 15) is 9.90 Å². The number of carboxylic acid groups (broad SMARTS) is 1. The number of hydrogen-bond donors (Lipinski definition) is 2. The number of halogens is 1. The van der Waals surface area contributed by atoms with E-state index in [1.165, 1.54) is 11.3 Å². The van der Waals surface area contributed by atoms with E-state index in [-0.39, 0.29) is 17.8 Å². The lowest BCUT2D eigenvalue weighted by atomic mass is 9.69. The van der Waals surface area contributed by atoms with Gasteiger partial charge < -0.3 is 10.2 Å². The predicted octanol–water partition coefficient (Wildman–Crippen LogP) is 3.25. The van der Waals surface area contributed by atoms with Gasteiger partial charge in [-0.2, -0.15) is 0 Å². The molecule has 1 unspecified atom stereocenters. The highest BCUT2D eigenvalue weighted by atomic mass is 79.9. The van der Waals surface area contributed by atoms with Gasteiger partial charge in [-0.1, -0.05) is 6.92 Å². The first-order valence-corrected chi connectivity index (χ1v) is 8.00. The molecule has 0 saturated heterocycles. The first-order chi connectivity index (χ1) is 8.82. The van der Waals surface area contributed by atoms with Crippen molar-refractivity contribution in [2.45, 2.75) is 38.7 Å². The van der Waals surface area contributed by atoms with Crippen LogP contribution in [0.3, 0.4) is 0 Å². The van der Waals surface area contributed by atoms with Gasteiger partial charge in [0.1, 0.15) is 10.6 Å². The Morgan fingerprint density at radius 2 is 2.26 bits per heavy atom. The Balaban J connectivity index is 2.13. The van der Waals surface area contributed by atoms with Gasteiger partial charge in [0, 0.05) is 0 Å². The van der Waals surface area contributed by atoms with Crippen LogP contribution < -0.4 is 0 Å². The second-order valence-corrected chi connectivity index (χ2v) is 7.96. The number of rotatable bonds is 3. The van der Waals surface area contributed by atoms with Crippen LogP contribution in [0.4, 0.5) is 0 Å². The smallest absolute Gasteiger partial charge is 0.306 e. The molecule has 0 bridgehead atoms. The lowest BCUT2D eigenvalue weighted by Gasteiger charge is -2.39. The number of aliphatic carboxylic acids is 1. The van der Waals surface area contributed by atoms with Gasteiger partial charge in [-0.05, 0) is 54.0 Å². The summed E-state index contributed by atoms with van der Waals surface area (Å²) in [5.74, 6) is -0.847. The Hall–Kier alpha value is -0.460. The van der Waals surface area contributed by atoms with E-state index in [0.29, 0.717) is 11.4 Å². The molecule has 1 saturated carbocycles. The molecule has 19 heavy (non-hydrogen) atoms. The second-order valence-electron chi connectivity index (χ2n) is 5.55. The van der Waals surface area contributed by atoms with Gasteiger partial charge in [0.05, 0.1) is 15.9 Å². The third kappa shape index (κ3) is 3.01. The minimum absolute atomic E-state index is 0.0659. The van der Waals surface area contributed by atoms with Crippen molar-refractivity contribution in [2.75, 3.05) is 0 Å². The van der Waals surface area contributed by atoms with Crippen LogP contribution in [0, 0.1) is 17.8 Å². The first kappa shape index (κ1) is 14.9. The summed E-state index contributed by atoms with van der Waals surface area (Å²) in [4.78, 5) is 15.4. The summed E-state index contributed by atoms with van der Waals surface area (Å²) in [5.41, 5.74) is -0.978. The molecule has 2 rings (SSSR count). The molecule has 1 fully saturated rings. The summed E-state index contributed by atoms with van der Waals surface area (Å²) in [6, 6.07) is 0. The van der Waals surface area contributed by atoms with Crippen molar-refractivity contribution < 1.29 is 15.0 Å². The summed E-state index contributed by atoms with van der Waals surface area (Å²) in [6.07, 6.45) is 3.78. The van der Waals surface area contributed by atoms with E-state index in [1.807, 2.05) is 6.92 Å². The Bertz CT molecular complexity index is 474. The normalized spacial score (nSPS) is 30.8. The predicted molar refractivity (Wildman–Crippen MR) is 77.0 cm³/mol. The molecule has 106 valence electrons. The van der Waals surface area contributed by atoms with E-state index in [4.69, 9.17) is 5.11 Å². The molecular formula is C13H18BrNO3S. The van der Waals surface area contributed by atoms with E-state index in [0.717, 1.165) is 16.6 Å². The Labute approximate surface area is 125 Å². The number of hydrogen-bond acceptors (Lipinski definition) is 4. The average Bonchev–Trinajstić information content (AvgIpc) is 2.76. The molecule has 1 heterocycles. The number of carbonyl (C=O) groups is 1. The van der Waals surface area contributed by atoms with Gasteiger partial charge in [-0.25, -0.2) is 4.98 Å². The van der Waals surface area contributed by atoms with Crippen LogP contribution >= 0.6 is 27.3 Å². The van der Waals surface area contributed by atoms with Gasteiger partial charge in [-0.3, -0.25) is 4.79 Å². The monoisotopic (exact) mass is 347 g/mol. The number of aromatic nitrogens is 1. The molecule has 0 aliphatic heterocycles. The topological polar surface area (TPSA) is 70.4 Å². The number of nitrogens with zero attached hydrogens (tertiary/aromatic N) is 1. The van der Waals surface area contributed by atoms with Crippen molar-refractivity contribution in [3.8, 4) is 0 Å². The summed E-state index contributed by atoms with van der Waals surface area (Å²) in [5, 5.41) is 20.6. The van der Waals surface area contributed by atoms with Crippen LogP contribution in [0.5, 0.6) is 0 Å². The van der Waals surface area contributed by atoms with E-state index in [1.54, 1.807) is 13.1 Å². The number of aliphatic hydroxyl groups is 1. The standard InChI is InChI=1S/C13H18BrNO3S/c1-7-5-8(3-4-9(7)11(16)17)13(2,18)12-15-6-10(14)19-12/h6-9,18H,3-5H2,1-2H3,(H,16,17)/t7-,8+,9+,13?/m0/s1. The Morgan fingerprint density at radius 1 is 1.58 bits per heavy atom. The maximum absolute atomic E-state index is 11.1. The highest BCUT2D eigenvalue weighted by Gasteiger charge is 2.42. The summed E-state index contributed by atoms with van der Waals surface area (Å²) >= 11 is 4.79. The second kappa shape index (κ2) is 5.50. The molecule has 0 amide bonds. The lowest BCUT2D eigenvalue weighted by Crippen LogP contribution is -2.39. The molecule has 0 aromatic carbocycles. The molecule has 6 heteroatoms. The SMILES string of the molecule is C[C@H]1C[C@H](C(C)(O)c2ncc(Br)s2)CC[C@H]1C(=O)O. The molecule has 0 spiro atoms. The maximum atomic E-state index is 11.1. The average molecular weight is 348 g/mol. The van der Waals surface area contributed by atoms with E-state index >= 15 is 0 Å². The third-order valence-corrected chi connectivity index (χ3v) is 5.89. The largest absolute Gasteiger partial charge is 0.481 e. The molecule has 0 radical (unpaired) electrons. The van der Waals surface area contributed by atoms with Crippen molar-refractivity contribution in [2.24, 2.45) is 17.8 Å². The Morgan fingerprint density at radius 3 is 2.74 bits per heavy atom. The highest BCUT2D eigenvalue weighted by molar-refractivity contribution is 9.11. The molecule has 4 atom stereocenters. The maximum Gasteiger partial charge on any atom is 0.306 e. The van der Waals surface area contributed by atoms with Crippen molar-refractivity contribution in [3.05, 3.63) is 15.0 Å². The molecule has 4 nitrogen and oxygen atoms in total. The minimum atomic E-state index is -0.978. The zero-order valence-corrected chi connectivity index (χ0v) is 13.4. The molecule has 1 aliphatic rings. The summed E-state index contributed by atoms with van der Waals surface area (Å²) < 4.78 is 0.898. The lowest BCUT2D eigenvalue weighted by molar-refractivity contribution is -0.146. The van der Waals surface area contributed by atoms with Crippen molar-refractivity contribution in [1.82, 2.24) is 4.98 Å². The van der Waals surface area contributed by atoms with Crippen molar-refractivity contribution in [3.63, 3.8) is 0 Å². The van der Waals surface area contributed by atoms with Crippen LogP contribution in [0.25, 0.3) is 0 Å². The van der Waals surface area contributed by atoms with Crippen LogP contribution in [0.15, 0.2) is 9.98 Å². The highest BCUT2D eigenvalue weighted by Crippen LogP contribution is 2.44. The minimum Gasteiger partial charge on any atom is -0.481 e. The third-order valence-electron chi connectivity index (χ3n) is 4.19. The zero-order valence-electron chi connectivity index (χ0n) is 11.0. The zero-order chi connectivity index (χ0) is 14.2. The molecule has 2 N–H and O–H groups in total. The summed E-state index contributed by atoms with van der Waals surface area (Å²) in [6.45, 7) is 3.75. The fourth-order valence-electron chi connectivity index (χ4n) is 2.94. The van der Waals surface area contributed by atoms with Crippen molar-refractivity contribution >= 4 is 33.2 Å². The number of thiazole rings is 1. The van der Waals surface area contributed by atoms with Gasteiger partial charge in [0.25, 0.3) is 0 Å². The van der Waals surface area contributed by atoms with E-state index < -0.39 is 11.6 Å². The first-order valence-electron chi connectivity index (χ1n) is 6.39. The number of carboxylic acids is 1. The van der Waals surface area contributed by atoms with Gasteiger partial charge in [0.2, 0.25) is 0 Å². The quantitative estimate of drug-likeness (QED) is 0.880. The summed E-state index contributed by atoms with van der Waals surface area (Å²) in [7, 11) is 0. The van der Waals surface area contributed by atoms with Gasteiger partial charge in [0.15, 0.2) is 0 Å². The van der Waals surface area contributed by atoms with Gasteiger partial charge in [-0.15, -0.1) is 11.3 Å². The van der Waals surface area contributed by atoms with Crippen LogP contribution in [0.2, 0.25) is 0 Å². The Kier molecular flexibility index (Phi) is 4.32. The van der Waals surface area contributed by atoms with Crippen LogP contribution in [-0.4, -0.2) is 21.2 Å².